The second-order valence-electron chi connectivity index (χ2n) is 10.7. The highest BCUT2D eigenvalue weighted by Gasteiger charge is 2.28. The van der Waals surface area contributed by atoms with E-state index in [0.717, 1.165) is 38.9 Å². The number of fused-ring (bicyclic) bond motifs is 3. The molecular formula is C33H29FN6O4S. The van der Waals surface area contributed by atoms with Crippen molar-refractivity contribution in [3.8, 4) is 39.7 Å². The van der Waals surface area contributed by atoms with Crippen LogP contribution < -0.4 is 10.1 Å². The Morgan fingerprint density at radius 3 is 2.82 bits per heavy atom. The predicted octanol–water partition coefficient (Wildman–Crippen LogP) is 4.87. The molecule has 2 amide bonds. The van der Waals surface area contributed by atoms with Crippen molar-refractivity contribution in [2.75, 3.05) is 33.4 Å². The number of hydrogen-bond donors (Lipinski definition) is 1. The first-order valence-corrected chi connectivity index (χ1v) is 15.4. The molecule has 0 aliphatic carbocycles. The van der Waals surface area contributed by atoms with Gasteiger partial charge in [-0.2, -0.15) is 0 Å². The summed E-state index contributed by atoms with van der Waals surface area (Å²) in [5.74, 6) is 0.680. The number of nitrogens with one attached hydrogen (secondary N) is 1. The van der Waals surface area contributed by atoms with Gasteiger partial charge < -0.3 is 19.7 Å². The van der Waals surface area contributed by atoms with E-state index in [9.17, 15) is 14.0 Å². The van der Waals surface area contributed by atoms with Gasteiger partial charge in [-0.05, 0) is 53.8 Å². The van der Waals surface area contributed by atoms with Gasteiger partial charge in [0.2, 0.25) is 11.7 Å². The third kappa shape index (κ3) is 5.25. The normalized spacial score (nSPS) is 14.2. The molecule has 5 aromatic rings. The number of methoxy groups -OCH3 is 1. The van der Waals surface area contributed by atoms with Crippen molar-refractivity contribution in [2.45, 2.75) is 19.5 Å². The Morgan fingerprint density at radius 1 is 1.11 bits per heavy atom. The molecule has 0 saturated carbocycles. The van der Waals surface area contributed by atoms with E-state index in [1.54, 1.807) is 22.8 Å². The van der Waals surface area contributed by atoms with Crippen LogP contribution in [0.5, 0.6) is 5.75 Å². The van der Waals surface area contributed by atoms with E-state index in [-0.39, 0.29) is 25.0 Å². The minimum atomic E-state index is -0.430. The van der Waals surface area contributed by atoms with Gasteiger partial charge in [0.05, 0.1) is 25.4 Å². The molecule has 2 aliphatic heterocycles. The van der Waals surface area contributed by atoms with Gasteiger partial charge in [0.1, 0.15) is 29.7 Å². The fourth-order valence-electron chi connectivity index (χ4n) is 5.84. The van der Waals surface area contributed by atoms with Crippen LogP contribution >= 0.6 is 11.3 Å². The summed E-state index contributed by atoms with van der Waals surface area (Å²) in [5, 5.41) is 10.6. The summed E-state index contributed by atoms with van der Waals surface area (Å²) in [5.41, 5.74) is 5.07. The van der Waals surface area contributed by atoms with Gasteiger partial charge >= 0.3 is 0 Å². The molecule has 7 rings (SSSR count). The third-order valence-corrected chi connectivity index (χ3v) is 8.96. The standard InChI is InChI=1S/C33H29FN6O4S/c1-3-27(41)39-11-12-40-26(18-39)36-32(38-40)30-28(23-7-5-21(34)17-25(23)44-14-13-43-2)31-24(9-15-45-31)29(37-30)20-4-6-22-19(16-20)8-10-35-33(22)42/h3-7,9,15-17H,1,8,10-14,18H2,2H3,(H,35,42). The summed E-state index contributed by atoms with van der Waals surface area (Å²) in [7, 11) is 1.58. The van der Waals surface area contributed by atoms with Crippen LogP contribution in [-0.2, 0) is 29.0 Å². The van der Waals surface area contributed by atoms with E-state index in [2.05, 4.69) is 11.9 Å². The van der Waals surface area contributed by atoms with Gasteiger partial charge in [0.15, 0.2) is 0 Å². The first-order chi connectivity index (χ1) is 21.9. The summed E-state index contributed by atoms with van der Waals surface area (Å²) < 4.78 is 28.5. The number of pyridine rings is 1. The molecule has 2 aliphatic rings. The molecule has 2 aromatic carbocycles. The average molecular weight is 625 g/mol. The summed E-state index contributed by atoms with van der Waals surface area (Å²) in [4.78, 5) is 36.6. The van der Waals surface area contributed by atoms with Crippen LogP contribution in [0.15, 0.2) is 60.5 Å². The zero-order valence-corrected chi connectivity index (χ0v) is 25.3. The molecule has 10 nitrogen and oxygen atoms in total. The molecular weight excluding hydrogens is 595 g/mol. The highest BCUT2D eigenvalue weighted by Crippen LogP contribution is 2.45. The number of carbonyl (C=O) groups excluding carboxylic acids is 2. The van der Waals surface area contributed by atoms with E-state index in [1.165, 1.54) is 29.5 Å². The maximum Gasteiger partial charge on any atom is 0.251 e. The monoisotopic (exact) mass is 624 g/mol. The first kappa shape index (κ1) is 28.8. The molecule has 0 bridgehead atoms. The van der Waals surface area contributed by atoms with Gasteiger partial charge in [-0.15, -0.1) is 16.4 Å². The Hall–Kier alpha value is -4.94. The van der Waals surface area contributed by atoms with Crippen LogP contribution in [-0.4, -0.2) is 69.9 Å². The number of thiophene rings is 1. The largest absolute Gasteiger partial charge is 0.490 e. The van der Waals surface area contributed by atoms with Crippen molar-refractivity contribution in [1.29, 1.82) is 0 Å². The second kappa shape index (κ2) is 11.9. The number of halogens is 1. The van der Waals surface area contributed by atoms with Crippen molar-refractivity contribution in [3.05, 3.63) is 83.3 Å². The summed E-state index contributed by atoms with van der Waals surface area (Å²) in [6, 6.07) is 12.2. The van der Waals surface area contributed by atoms with Crippen LogP contribution in [0, 0.1) is 5.82 Å². The molecule has 12 heteroatoms. The Bertz CT molecular complexity index is 1990. The lowest BCUT2D eigenvalue weighted by molar-refractivity contribution is -0.127. The quantitative estimate of drug-likeness (QED) is 0.194. The minimum absolute atomic E-state index is 0.0819. The maximum absolute atomic E-state index is 14.6. The molecule has 0 fully saturated rings. The Kier molecular flexibility index (Phi) is 7.60. The lowest BCUT2D eigenvalue weighted by Crippen LogP contribution is -2.37. The lowest BCUT2D eigenvalue weighted by atomic mass is 9.94. The fourth-order valence-corrected chi connectivity index (χ4v) is 6.80. The number of nitrogens with zero attached hydrogens (tertiary/aromatic N) is 5. The molecule has 0 radical (unpaired) electrons. The highest BCUT2D eigenvalue weighted by molar-refractivity contribution is 7.18. The number of benzene rings is 2. The van der Waals surface area contributed by atoms with Gasteiger partial charge in [0, 0.05) is 58.6 Å². The van der Waals surface area contributed by atoms with Crippen LogP contribution in [0.25, 0.3) is 44.0 Å². The zero-order chi connectivity index (χ0) is 31.1. The van der Waals surface area contributed by atoms with E-state index < -0.39 is 5.82 Å². The van der Waals surface area contributed by atoms with Crippen molar-refractivity contribution >= 4 is 33.2 Å². The Balaban J connectivity index is 1.45. The summed E-state index contributed by atoms with van der Waals surface area (Å²) in [6.07, 6.45) is 2.02. The summed E-state index contributed by atoms with van der Waals surface area (Å²) in [6.45, 7) is 5.99. The van der Waals surface area contributed by atoms with E-state index in [0.29, 0.717) is 60.5 Å². The molecule has 0 saturated heterocycles. The van der Waals surface area contributed by atoms with Crippen LogP contribution in [0.1, 0.15) is 21.7 Å². The molecule has 45 heavy (non-hydrogen) atoms. The number of carbonyl (C=O) groups is 2. The SMILES string of the molecule is C=CC(=O)N1CCn2nc(-c3nc(-c4ccc5c(c4)CCNC5=O)c4ccsc4c3-c3ccc(F)cc3OCCOC)nc2C1. The maximum atomic E-state index is 14.6. The molecule has 1 N–H and O–H groups in total. The van der Waals surface area contributed by atoms with Crippen LogP contribution in [0.4, 0.5) is 4.39 Å². The lowest BCUT2D eigenvalue weighted by Gasteiger charge is -2.25. The Morgan fingerprint density at radius 2 is 1.98 bits per heavy atom. The van der Waals surface area contributed by atoms with Crippen molar-refractivity contribution in [1.82, 2.24) is 30.0 Å². The van der Waals surface area contributed by atoms with E-state index in [4.69, 9.17) is 24.5 Å². The first-order valence-electron chi connectivity index (χ1n) is 14.5. The van der Waals surface area contributed by atoms with E-state index in [1.807, 2.05) is 29.6 Å². The highest BCUT2D eigenvalue weighted by atomic mass is 32.1. The predicted molar refractivity (Wildman–Crippen MR) is 168 cm³/mol. The van der Waals surface area contributed by atoms with Gasteiger partial charge in [-0.25, -0.2) is 19.0 Å². The fraction of sp³-hybridized carbons (Fsp3) is 0.242. The zero-order valence-electron chi connectivity index (χ0n) is 24.5. The number of ether oxygens (including phenoxy) is 2. The van der Waals surface area contributed by atoms with Crippen LogP contribution in [0.3, 0.4) is 0 Å². The molecule has 5 heterocycles. The van der Waals surface area contributed by atoms with Gasteiger partial charge in [-0.3, -0.25) is 9.59 Å². The number of rotatable bonds is 8. The molecule has 228 valence electrons. The Labute approximate surface area is 262 Å². The molecule has 3 aromatic heterocycles. The van der Waals surface area contributed by atoms with Crippen molar-refractivity contribution in [3.63, 3.8) is 0 Å². The van der Waals surface area contributed by atoms with Crippen molar-refractivity contribution in [2.24, 2.45) is 0 Å². The van der Waals surface area contributed by atoms with Crippen molar-refractivity contribution < 1.29 is 23.5 Å². The average Bonchev–Trinajstić information content (AvgIpc) is 3.71. The molecule has 0 spiro atoms. The van der Waals surface area contributed by atoms with E-state index >= 15 is 0 Å². The second-order valence-corrected chi connectivity index (χ2v) is 11.7. The molecule has 0 atom stereocenters. The van der Waals surface area contributed by atoms with Crippen LogP contribution in [0.2, 0.25) is 0 Å². The third-order valence-electron chi connectivity index (χ3n) is 8.03. The smallest absolute Gasteiger partial charge is 0.251 e. The topological polar surface area (TPSA) is 111 Å². The summed E-state index contributed by atoms with van der Waals surface area (Å²) >= 11 is 1.53. The number of aromatic nitrogens is 4. The van der Waals surface area contributed by atoms with Gasteiger partial charge in [-0.1, -0.05) is 12.6 Å². The minimum Gasteiger partial charge on any atom is -0.490 e. The van der Waals surface area contributed by atoms with Gasteiger partial charge in [0.25, 0.3) is 5.91 Å². The number of hydrogen-bond acceptors (Lipinski definition) is 8. The number of amides is 2. The molecule has 0 unspecified atom stereocenters.